The molecule has 5 nitrogen and oxygen atoms in total. The molecular weight excluding hydrogens is 313 g/mol. The molecule has 0 aromatic heterocycles. The lowest BCUT2D eigenvalue weighted by atomic mass is 10.1. The average molecular weight is 335 g/mol. The van der Waals surface area contributed by atoms with Crippen molar-refractivity contribution in [2.45, 2.75) is 18.9 Å². The highest BCUT2D eigenvalue weighted by Gasteiger charge is 2.20. The molecule has 2 aromatic rings. The highest BCUT2D eigenvalue weighted by atomic mass is 16.5. The minimum Gasteiger partial charge on any atom is -0.497 e. The summed E-state index contributed by atoms with van der Waals surface area (Å²) in [5.74, 6) is 2.14. The van der Waals surface area contributed by atoms with Gasteiger partial charge in [-0.25, -0.2) is 0 Å². The quantitative estimate of drug-likeness (QED) is 0.823. The molecule has 1 fully saturated rings. The van der Waals surface area contributed by atoms with Crippen molar-refractivity contribution in [2.24, 2.45) is 0 Å². The number of nitrogens with zero attached hydrogens (tertiary/aromatic N) is 2. The van der Waals surface area contributed by atoms with Crippen molar-refractivity contribution in [3.8, 4) is 23.3 Å². The fourth-order valence-electron chi connectivity index (χ4n) is 3.06. The second-order valence-electron chi connectivity index (χ2n) is 6.26. The lowest BCUT2D eigenvalue weighted by molar-refractivity contribution is 0.413. The second-order valence-corrected chi connectivity index (χ2v) is 6.26. The smallest absolute Gasteiger partial charge is 0.185 e. The van der Waals surface area contributed by atoms with Gasteiger partial charge >= 0.3 is 0 Å². The Labute approximate surface area is 149 Å². The predicted octanol–water partition coefficient (Wildman–Crippen LogP) is 2.78. The van der Waals surface area contributed by atoms with Gasteiger partial charge in [0.25, 0.3) is 0 Å². The van der Waals surface area contributed by atoms with Crippen LogP contribution < -0.4 is 14.8 Å². The van der Waals surface area contributed by atoms with Gasteiger partial charge in [-0.1, -0.05) is 0 Å². The maximum absolute atomic E-state index is 9.18. The molecule has 0 amide bonds. The number of hydrogen-bond acceptors (Lipinski definition) is 5. The molecule has 0 saturated carbocycles. The summed E-state index contributed by atoms with van der Waals surface area (Å²) in [5.41, 5.74) is 1.47. The maximum Gasteiger partial charge on any atom is 0.185 e. The van der Waals surface area contributed by atoms with Gasteiger partial charge in [0, 0.05) is 18.7 Å². The van der Waals surface area contributed by atoms with Gasteiger partial charge in [-0.2, -0.15) is 5.26 Å². The predicted molar refractivity (Wildman–Crippen MR) is 101 cm³/mol. The van der Waals surface area contributed by atoms with E-state index in [2.05, 4.69) is 24.2 Å². The number of nitrogens with one attached hydrogen (secondary N) is 1. The molecular formula is C19H22BN3O2. The number of hydrogen-bond donors (Lipinski definition) is 1. The molecule has 3 rings (SSSR count). The molecule has 0 bridgehead atoms. The Balaban J connectivity index is 1.76. The fourth-order valence-corrected chi connectivity index (χ4v) is 3.06. The molecule has 2 aromatic carbocycles. The monoisotopic (exact) mass is 335 g/mol. The third-order valence-corrected chi connectivity index (χ3v) is 4.60. The zero-order valence-electron chi connectivity index (χ0n) is 14.7. The third-order valence-electron chi connectivity index (χ3n) is 4.60. The molecule has 1 aliphatic rings. The second kappa shape index (κ2) is 7.95. The van der Waals surface area contributed by atoms with E-state index in [-0.39, 0.29) is 0 Å². The Kier molecular flexibility index (Phi) is 5.47. The van der Waals surface area contributed by atoms with Gasteiger partial charge < -0.3 is 19.6 Å². The van der Waals surface area contributed by atoms with Crippen molar-refractivity contribution < 1.29 is 9.47 Å². The largest absolute Gasteiger partial charge is 0.497 e. The van der Waals surface area contributed by atoms with Crippen LogP contribution in [0, 0.1) is 11.3 Å². The summed E-state index contributed by atoms with van der Waals surface area (Å²) in [6.45, 7) is 2.01. The summed E-state index contributed by atoms with van der Waals surface area (Å²) in [6, 6.07) is 15.6. The van der Waals surface area contributed by atoms with Crippen LogP contribution >= 0.6 is 0 Å². The Morgan fingerprint density at radius 1 is 1.24 bits per heavy atom. The molecule has 1 atom stereocenters. The first-order valence-electron chi connectivity index (χ1n) is 8.50. The van der Waals surface area contributed by atoms with Crippen molar-refractivity contribution in [2.75, 3.05) is 25.5 Å². The minimum atomic E-state index is 0.532. The Morgan fingerprint density at radius 3 is 2.64 bits per heavy atom. The van der Waals surface area contributed by atoms with Crippen LogP contribution in [0.4, 0.5) is 5.69 Å². The Morgan fingerprint density at radius 2 is 2.00 bits per heavy atom. The van der Waals surface area contributed by atoms with Crippen molar-refractivity contribution in [3.63, 3.8) is 0 Å². The van der Waals surface area contributed by atoms with Crippen LogP contribution in [0.25, 0.3) is 0 Å². The zero-order valence-corrected chi connectivity index (χ0v) is 14.7. The number of nitriles is 1. The zero-order chi connectivity index (χ0) is 17.6. The van der Waals surface area contributed by atoms with Crippen molar-refractivity contribution in [1.29, 1.82) is 5.26 Å². The summed E-state index contributed by atoms with van der Waals surface area (Å²) in [7, 11) is 3.79. The maximum atomic E-state index is 9.18. The Bertz CT molecular complexity index is 758. The highest BCUT2D eigenvalue weighted by molar-refractivity contribution is 6.04. The summed E-state index contributed by atoms with van der Waals surface area (Å²) >= 11 is 0. The first-order valence-corrected chi connectivity index (χ1v) is 8.50. The van der Waals surface area contributed by atoms with E-state index >= 15 is 0 Å². The van der Waals surface area contributed by atoms with Crippen LogP contribution in [-0.2, 0) is 0 Å². The van der Waals surface area contributed by atoms with Crippen molar-refractivity contribution in [1.82, 2.24) is 4.81 Å². The molecule has 0 unspecified atom stereocenters. The van der Waals surface area contributed by atoms with Gasteiger partial charge in [0.2, 0.25) is 0 Å². The van der Waals surface area contributed by atoms with Crippen molar-refractivity contribution >= 4 is 13.7 Å². The van der Waals surface area contributed by atoms with Crippen LogP contribution in [0.2, 0.25) is 0 Å². The summed E-state index contributed by atoms with van der Waals surface area (Å²) in [5, 5.41) is 12.7. The molecule has 0 radical (unpaired) electrons. The van der Waals surface area contributed by atoms with E-state index in [1.54, 1.807) is 13.2 Å². The van der Waals surface area contributed by atoms with E-state index < -0.39 is 0 Å². The SMILES string of the molecule is BN1CCC[C@H]1CNc1ccc(C#N)cc1Oc1ccc(OC)cc1. The molecule has 1 heterocycles. The first-order chi connectivity index (χ1) is 12.2. The molecule has 1 saturated heterocycles. The van der Waals surface area contributed by atoms with Crippen LogP contribution in [0.5, 0.6) is 17.2 Å². The van der Waals surface area contributed by atoms with Crippen LogP contribution in [-0.4, -0.2) is 39.0 Å². The van der Waals surface area contributed by atoms with Gasteiger partial charge in [0.15, 0.2) is 13.7 Å². The van der Waals surface area contributed by atoms with E-state index in [1.165, 1.54) is 12.8 Å². The van der Waals surface area contributed by atoms with Gasteiger partial charge in [0.05, 0.1) is 24.4 Å². The Hall–Kier alpha value is -2.65. The van der Waals surface area contributed by atoms with Crippen LogP contribution in [0.1, 0.15) is 18.4 Å². The lowest BCUT2D eigenvalue weighted by Crippen LogP contribution is -2.32. The van der Waals surface area contributed by atoms with E-state index in [4.69, 9.17) is 9.47 Å². The summed E-state index contributed by atoms with van der Waals surface area (Å²) in [4.78, 5) is 2.38. The summed E-state index contributed by atoms with van der Waals surface area (Å²) in [6.07, 6.45) is 2.44. The van der Waals surface area contributed by atoms with Crippen LogP contribution in [0.3, 0.4) is 0 Å². The standard InChI is InChI=1S/C19H22BN3O2/c1-24-16-5-7-17(8-6-16)25-19-11-14(12-21)4-9-18(19)22-13-15-3-2-10-23(15)20/h4-9,11,15,22H,2-3,10,13,20H2,1H3/t15-/m0/s1. The lowest BCUT2D eigenvalue weighted by Gasteiger charge is -2.22. The fraction of sp³-hybridized carbons (Fsp3) is 0.316. The normalized spacial score (nSPS) is 17.0. The van der Waals surface area contributed by atoms with Gasteiger partial charge in [-0.15, -0.1) is 0 Å². The average Bonchev–Trinajstić information content (AvgIpc) is 3.06. The van der Waals surface area contributed by atoms with Crippen LogP contribution in [0.15, 0.2) is 42.5 Å². The number of methoxy groups -OCH3 is 1. The molecule has 1 N–H and O–H groups in total. The topological polar surface area (TPSA) is 57.5 Å². The number of ether oxygens (including phenoxy) is 2. The number of anilines is 1. The molecule has 6 heteroatoms. The molecule has 1 aliphatic heterocycles. The van der Waals surface area contributed by atoms with E-state index in [0.717, 1.165) is 24.5 Å². The van der Waals surface area contributed by atoms with Crippen molar-refractivity contribution in [3.05, 3.63) is 48.0 Å². The molecule has 128 valence electrons. The first kappa shape index (κ1) is 17.2. The number of rotatable bonds is 6. The van der Waals surface area contributed by atoms with Gasteiger partial charge in [0.1, 0.15) is 11.5 Å². The minimum absolute atomic E-state index is 0.532. The van der Waals surface area contributed by atoms with E-state index in [1.807, 2.05) is 36.4 Å². The van der Waals surface area contributed by atoms with E-state index in [0.29, 0.717) is 23.1 Å². The van der Waals surface area contributed by atoms with E-state index in [9.17, 15) is 5.26 Å². The third kappa shape index (κ3) is 4.26. The number of benzene rings is 2. The molecule has 25 heavy (non-hydrogen) atoms. The van der Waals surface area contributed by atoms with Gasteiger partial charge in [-0.05, 0) is 55.8 Å². The van der Waals surface area contributed by atoms with Gasteiger partial charge in [-0.3, -0.25) is 0 Å². The molecule has 0 spiro atoms. The highest BCUT2D eigenvalue weighted by Crippen LogP contribution is 2.32. The summed E-state index contributed by atoms with van der Waals surface area (Å²) < 4.78 is 11.2. The molecule has 0 aliphatic carbocycles.